The van der Waals surface area contributed by atoms with Gasteiger partial charge in [-0.2, -0.15) is 0 Å². The van der Waals surface area contributed by atoms with Crippen LogP contribution in [0.4, 0.5) is 11.6 Å². The number of anilines is 2. The highest BCUT2D eigenvalue weighted by Gasteiger charge is 2.36. The first-order valence-electron chi connectivity index (χ1n) is 10.9. The minimum Gasteiger partial charge on any atom is -0.493 e. The third-order valence-electron chi connectivity index (χ3n) is 5.64. The fraction of sp³-hybridized carbons (Fsp3) is 0.240. The Kier molecular flexibility index (Phi) is 7.28. The van der Waals surface area contributed by atoms with E-state index in [4.69, 9.17) is 43.8 Å². The number of halogens is 1. The minimum absolute atomic E-state index is 0.234. The maximum absolute atomic E-state index is 13.0. The van der Waals surface area contributed by atoms with Crippen LogP contribution in [0.15, 0.2) is 53.7 Å². The van der Waals surface area contributed by atoms with Crippen molar-refractivity contribution in [1.82, 2.24) is 9.97 Å². The highest BCUT2D eigenvalue weighted by Crippen LogP contribution is 2.45. The summed E-state index contributed by atoms with van der Waals surface area (Å²) in [6, 6.07) is 12.9. The summed E-state index contributed by atoms with van der Waals surface area (Å²) in [5.74, 6) is 0.794. The van der Waals surface area contributed by atoms with Crippen molar-refractivity contribution in [1.29, 1.82) is 0 Å². The van der Waals surface area contributed by atoms with Crippen LogP contribution in [0, 0.1) is 4.77 Å². The fourth-order valence-electron chi connectivity index (χ4n) is 4.06. The van der Waals surface area contributed by atoms with E-state index in [2.05, 4.69) is 15.3 Å². The molecule has 0 fully saturated rings. The van der Waals surface area contributed by atoms with Crippen LogP contribution in [0.3, 0.4) is 0 Å². The maximum Gasteiger partial charge on any atom is 0.336 e. The van der Waals surface area contributed by atoms with E-state index >= 15 is 0 Å². The maximum atomic E-state index is 13.0. The van der Waals surface area contributed by atoms with Crippen molar-refractivity contribution in [3.8, 4) is 11.5 Å². The normalized spacial score (nSPS) is 14.7. The Morgan fingerprint density at radius 1 is 1.23 bits per heavy atom. The van der Waals surface area contributed by atoms with Gasteiger partial charge in [0.2, 0.25) is 0 Å². The van der Waals surface area contributed by atoms with Gasteiger partial charge in [0.25, 0.3) is 0 Å². The SMILES string of the molecule is CCOC(=O)C1=C(C)Nc2nc(=S)[nH]c(N)c2C1c1ccc(OCc2ccccc2Cl)c(OC)c1. The molecule has 0 radical (unpaired) electrons. The number of carbonyl (C=O) groups excluding carboxylic acids is 1. The first-order valence-corrected chi connectivity index (χ1v) is 11.7. The predicted molar refractivity (Wildman–Crippen MR) is 137 cm³/mol. The van der Waals surface area contributed by atoms with Crippen LogP contribution in [-0.2, 0) is 16.1 Å². The second-order valence-electron chi connectivity index (χ2n) is 7.83. The highest BCUT2D eigenvalue weighted by molar-refractivity contribution is 7.71. The van der Waals surface area contributed by atoms with Gasteiger partial charge in [-0.3, -0.25) is 0 Å². The van der Waals surface area contributed by atoms with E-state index in [0.717, 1.165) is 11.1 Å². The molecular formula is C25H25ClN4O4S. The van der Waals surface area contributed by atoms with Gasteiger partial charge < -0.3 is 30.2 Å². The first kappa shape index (κ1) is 24.6. The molecule has 35 heavy (non-hydrogen) atoms. The molecule has 182 valence electrons. The lowest BCUT2D eigenvalue weighted by molar-refractivity contribution is -0.138. The number of rotatable bonds is 7. The van der Waals surface area contributed by atoms with Gasteiger partial charge in [0.15, 0.2) is 16.3 Å². The lowest BCUT2D eigenvalue weighted by Gasteiger charge is -2.30. The zero-order valence-electron chi connectivity index (χ0n) is 19.5. The minimum atomic E-state index is -0.573. The molecule has 3 aromatic rings. The van der Waals surface area contributed by atoms with E-state index in [1.807, 2.05) is 36.4 Å². The summed E-state index contributed by atoms with van der Waals surface area (Å²) in [6.45, 7) is 4.05. The quantitative estimate of drug-likeness (QED) is 0.286. The van der Waals surface area contributed by atoms with Crippen molar-refractivity contribution in [3.63, 3.8) is 0 Å². The molecular weight excluding hydrogens is 488 g/mol. The molecule has 0 spiro atoms. The lowest BCUT2D eigenvalue weighted by atomic mass is 9.81. The number of aromatic amines is 1. The lowest BCUT2D eigenvalue weighted by Crippen LogP contribution is -2.26. The van der Waals surface area contributed by atoms with Crippen molar-refractivity contribution in [2.45, 2.75) is 26.4 Å². The molecule has 1 aliphatic heterocycles. The molecule has 10 heteroatoms. The molecule has 2 aromatic carbocycles. The number of ether oxygens (including phenoxy) is 3. The number of nitrogen functional groups attached to an aromatic ring is 1. The molecule has 8 nitrogen and oxygen atoms in total. The number of allylic oxidation sites excluding steroid dienone is 1. The van der Waals surface area contributed by atoms with Crippen LogP contribution in [0.5, 0.6) is 11.5 Å². The van der Waals surface area contributed by atoms with E-state index in [9.17, 15) is 4.79 Å². The third kappa shape index (κ3) is 4.96. The topological polar surface area (TPSA) is 111 Å². The number of nitrogens with zero attached hydrogens (tertiary/aromatic N) is 1. The molecule has 4 rings (SSSR count). The number of benzene rings is 2. The molecule has 2 heterocycles. The Morgan fingerprint density at radius 2 is 2.00 bits per heavy atom. The van der Waals surface area contributed by atoms with Crippen molar-refractivity contribution in [2.24, 2.45) is 0 Å². The van der Waals surface area contributed by atoms with Crippen LogP contribution in [0.1, 0.15) is 36.5 Å². The van der Waals surface area contributed by atoms with Crippen molar-refractivity contribution >= 4 is 41.4 Å². The Morgan fingerprint density at radius 3 is 2.71 bits per heavy atom. The average Bonchev–Trinajstić information content (AvgIpc) is 2.82. The Balaban J connectivity index is 1.78. The third-order valence-corrected chi connectivity index (χ3v) is 6.21. The van der Waals surface area contributed by atoms with Gasteiger partial charge in [-0.05, 0) is 49.8 Å². The number of hydrogen-bond donors (Lipinski definition) is 3. The van der Waals surface area contributed by atoms with Crippen LogP contribution in [0.2, 0.25) is 5.02 Å². The van der Waals surface area contributed by atoms with Crippen LogP contribution >= 0.6 is 23.8 Å². The number of methoxy groups -OCH3 is 1. The van der Waals surface area contributed by atoms with Gasteiger partial charge in [-0.15, -0.1) is 0 Å². The second kappa shape index (κ2) is 10.4. The smallest absolute Gasteiger partial charge is 0.336 e. The summed E-state index contributed by atoms with van der Waals surface area (Å²) in [6.07, 6.45) is 0. The summed E-state index contributed by atoms with van der Waals surface area (Å²) in [5.41, 5.74) is 9.55. The molecule has 0 amide bonds. The summed E-state index contributed by atoms with van der Waals surface area (Å²) in [5, 5.41) is 3.77. The molecule has 0 bridgehead atoms. The van der Waals surface area contributed by atoms with E-state index in [-0.39, 0.29) is 18.0 Å². The van der Waals surface area contributed by atoms with Gasteiger partial charge in [0.05, 0.1) is 25.2 Å². The first-order chi connectivity index (χ1) is 16.8. The summed E-state index contributed by atoms with van der Waals surface area (Å²) in [7, 11) is 1.55. The van der Waals surface area contributed by atoms with E-state index in [0.29, 0.717) is 45.0 Å². The standard InChI is InChI=1S/C25H25ClN4O4S/c1-4-33-24(31)19-13(2)28-23-21(22(27)29-25(35)30-23)20(19)14-9-10-17(18(11-14)32-3)34-12-15-7-5-6-8-16(15)26/h5-11,20H,4,12H2,1-3H3,(H4,27,28,29,30,35). The number of nitrogens with two attached hydrogens (primary N) is 1. The number of fused-ring (bicyclic) bond motifs is 1. The molecule has 1 aromatic heterocycles. The molecule has 0 saturated carbocycles. The molecule has 0 aliphatic carbocycles. The van der Waals surface area contributed by atoms with E-state index in [1.165, 1.54) is 0 Å². The van der Waals surface area contributed by atoms with Gasteiger partial charge in [0, 0.05) is 21.8 Å². The highest BCUT2D eigenvalue weighted by atomic mass is 35.5. The Labute approximate surface area is 213 Å². The van der Waals surface area contributed by atoms with Gasteiger partial charge >= 0.3 is 5.97 Å². The molecule has 1 unspecified atom stereocenters. The Hall–Kier alpha value is -3.56. The monoisotopic (exact) mass is 512 g/mol. The predicted octanol–water partition coefficient (Wildman–Crippen LogP) is 5.36. The van der Waals surface area contributed by atoms with Gasteiger partial charge in [-0.1, -0.05) is 35.9 Å². The molecule has 1 atom stereocenters. The van der Waals surface area contributed by atoms with Crippen molar-refractivity contribution in [3.05, 3.63) is 80.2 Å². The number of H-pyrrole nitrogens is 1. The van der Waals surface area contributed by atoms with Crippen LogP contribution < -0.4 is 20.5 Å². The fourth-order valence-corrected chi connectivity index (χ4v) is 4.45. The van der Waals surface area contributed by atoms with Gasteiger partial charge in [-0.25, -0.2) is 9.78 Å². The van der Waals surface area contributed by atoms with E-state index in [1.54, 1.807) is 27.0 Å². The summed E-state index contributed by atoms with van der Waals surface area (Å²) in [4.78, 5) is 20.3. The van der Waals surface area contributed by atoms with Crippen LogP contribution in [-0.4, -0.2) is 29.7 Å². The molecule has 1 aliphatic rings. The van der Waals surface area contributed by atoms with Crippen LogP contribution in [0.25, 0.3) is 0 Å². The summed E-state index contributed by atoms with van der Waals surface area (Å²) >= 11 is 11.5. The average molecular weight is 513 g/mol. The number of carbonyl (C=O) groups is 1. The Bertz CT molecular complexity index is 1370. The van der Waals surface area contributed by atoms with Crippen molar-refractivity contribution in [2.75, 3.05) is 24.8 Å². The molecule has 4 N–H and O–H groups in total. The largest absolute Gasteiger partial charge is 0.493 e. The zero-order valence-corrected chi connectivity index (χ0v) is 21.0. The van der Waals surface area contributed by atoms with E-state index < -0.39 is 11.9 Å². The van der Waals surface area contributed by atoms with Crippen molar-refractivity contribution < 1.29 is 19.0 Å². The summed E-state index contributed by atoms with van der Waals surface area (Å²) < 4.78 is 17.2. The second-order valence-corrected chi connectivity index (χ2v) is 8.62. The zero-order chi connectivity index (χ0) is 25.1. The molecule has 0 saturated heterocycles. The van der Waals surface area contributed by atoms with Gasteiger partial charge in [0.1, 0.15) is 18.2 Å². The number of nitrogens with one attached hydrogen (secondary N) is 2. The number of aromatic nitrogens is 2. The number of esters is 1. The number of hydrogen-bond acceptors (Lipinski definition) is 8.